The highest BCUT2D eigenvalue weighted by Gasteiger charge is 2.24. The van der Waals surface area contributed by atoms with Crippen LogP contribution in [0.2, 0.25) is 0 Å². The van der Waals surface area contributed by atoms with Crippen LogP contribution in [0.1, 0.15) is 55.9 Å². The van der Waals surface area contributed by atoms with E-state index in [-0.39, 0.29) is 30.0 Å². The smallest absolute Gasteiger partial charge is 0.191 e. The fourth-order valence-corrected chi connectivity index (χ4v) is 3.76. The minimum atomic E-state index is 0. The molecule has 2 N–H and O–H groups in total. The van der Waals surface area contributed by atoms with Gasteiger partial charge < -0.3 is 10.6 Å². The Morgan fingerprint density at radius 3 is 3.08 bits per heavy atom. The molecule has 0 fully saturated rings. The molecule has 0 aromatic carbocycles. The van der Waals surface area contributed by atoms with Gasteiger partial charge in [-0.3, -0.25) is 4.99 Å². The largest absolute Gasteiger partial charge is 0.357 e. The third-order valence-corrected chi connectivity index (χ3v) is 4.97. The Balaban J connectivity index is 0.00000225. The highest BCUT2D eigenvalue weighted by molar-refractivity contribution is 14.0. The standard InChI is InChI=1S/C17H26N6S.HI/c1-4-18-17(19-10-12(2)14-7-9-24-11-14)21-15-6-5-8-23-16(15)20-13(3)22-23;/h7,9,11-12,15H,4-6,8,10H2,1-3H3,(H2,18,19,21);1H. The van der Waals surface area contributed by atoms with Gasteiger partial charge in [0.15, 0.2) is 5.96 Å². The van der Waals surface area contributed by atoms with Crippen molar-refractivity contribution in [3.05, 3.63) is 34.0 Å². The van der Waals surface area contributed by atoms with Crippen LogP contribution in [0, 0.1) is 6.92 Å². The third kappa shape index (κ3) is 5.16. The maximum absolute atomic E-state index is 4.78. The van der Waals surface area contributed by atoms with Crippen LogP contribution in [-0.2, 0) is 6.54 Å². The summed E-state index contributed by atoms with van der Waals surface area (Å²) in [6.07, 6.45) is 2.17. The van der Waals surface area contributed by atoms with Gasteiger partial charge in [-0.25, -0.2) is 9.67 Å². The number of halogens is 1. The van der Waals surface area contributed by atoms with Gasteiger partial charge in [0.1, 0.15) is 11.6 Å². The van der Waals surface area contributed by atoms with Crippen molar-refractivity contribution in [3.8, 4) is 0 Å². The normalized spacial score (nSPS) is 18.2. The lowest BCUT2D eigenvalue weighted by Crippen LogP contribution is -2.41. The van der Waals surface area contributed by atoms with Gasteiger partial charge in [0.2, 0.25) is 0 Å². The summed E-state index contributed by atoms with van der Waals surface area (Å²) in [5.41, 5.74) is 1.35. The Bertz CT molecular complexity index is 681. The minimum Gasteiger partial charge on any atom is -0.357 e. The van der Waals surface area contributed by atoms with Crippen LogP contribution in [0.25, 0.3) is 0 Å². The van der Waals surface area contributed by atoms with Crippen LogP contribution < -0.4 is 10.6 Å². The average molecular weight is 474 g/mol. The molecule has 2 unspecified atom stereocenters. The van der Waals surface area contributed by atoms with Crippen LogP contribution >= 0.6 is 35.3 Å². The zero-order valence-electron chi connectivity index (χ0n) is 15.0. The van der Waals surface area contributed by atoms with Crippen LogP contribution in [0.3, 0.4) is 0 Å². The van der Waals surface area contributed by atoms with Crippen LogP contribution in [-0.4, -0.2) is 33.8 Å². The Morgan fingerprint density at radius 1 is 1.52 bits per heavy atom. The van der Waals surface area contributed by atoms with Crippen molar-refractivity contribution in [1.82, 2.24) is 25.4 Å². The van der Waals surface area contributed by atoms with E-state index in [1.807, 2.05) is 11.6 Å². The molecule has 1 aliphatic rings. The van der Waals surface area contributed by atoms with E-state index in [1.54, 1.807) is 11.3 Å². The van der Waals surface area contributed by atoms with Gasteiger partial charge in [-0.15, -0.1) is 24.0 Å². The van der Waals surface area contributed by atoms with Gasteiger partial charge in [0.25, 0.3) is 0 Å². The maximum Gasteiger partial charge on any atom is 0.191 e. The molecule has 3 heterocycles. The van der Waals surface area contributed by atoms with Gasteiger partial charge in [-0.1, -0.05) is 6.92 Å². The topological polar surface area (TPSA) is 67.1 Å². The lowest BCUT2D eigenvalue weighted by Gasteiger charge is -2.25. The molecular weight excluding hydrogens is 447 g/mol. The summed E-state index contributed by atoms with van der Waals surface area (Å²) >= 11 is 1.74. The van der Waals surface area contributed by atoms with Crippen molar-refractivity contribution in [2.24, 2.45) is 4.99 Å². The quantitative estimate of drug-likeness (QED) is 0.396. The van der Waals surface area contributed by atoms with Crippen molar-refractivity contribution in [2.75, 3.05) is 13.1 Å². The van der Waals surface area contributed by atoms with Gasteiger partial charge >= 0.3 is 0 Å². The van der Waals surface area contributed by atoms with E-state index in [2.05, 4.69) is 51.4 Å². The summed E-state index contributed by atoms with van der Waals surface area (Å²) in [7, 11) is 0. The highest BCUT2D eigenvalue weighted by atomic mass is 127. The van der Waals surface area contributed by atoms with Crippen molar-refractivity contribution < 1.29 is 0 Å². The predicted molar refractivity (Wildman–Crippen MR) is 114 cm³/mol. The molecule has 25 heavy (non-hydrogen) atoms. The lowest BCUT2D eigenvalue weighted by molar-refractivity contribution is 0.397. The first kappa shape index (κ1) is 20.2. The first-order valence-corrected chi connectivity index (χ1v) is 9.60. The number of guanidine groups is 1. The summed E-state index contributed by atoms with van der Waals surface area (Å²) in [5.74, 6) is 3.14. The van der Waals surface area contributed by atoms with Gasteiger partial charge in [0.05, 0.1) is 6.04 Å². The molecule has 0 amide bonds. The minimum absolute atomic E-state index is 0. The van der Waals surface area contributed by atoms with Crippen molar-refractivity contribution >= 4 is 41.3 Å². The first-order valence-electron chi connectivity index (χ1n) is 8.65. The Kier molecular flexibility index (Phi) is 7.67. The summed E-state index contributed by atoms with van der Waals surface area (Å²) in [4.78, 5) is 9.37. The molecule has 1 aliphatic heterocycles. The Hall–Kier alpha value is -1.16. The number of aromatic nitrogens is 3. The molecule has 0 saturated heterocycles. The maximum atomic E-state index is 4.78. The molecule has 0 saturated carbocycles. The number of thiophene rings is 1. The molecule has 3 rings (SSSR count). The second-order valence-electron chi connectivity index (χ2n) is 6.26. The number of aryl methyl sites for hydroxylation is 2. The number of fused-ring (bicyclic) bond motifs is 1. The summed E-state index contributed by atoms with van der Waals surface area (Å²) in [5, 5.41) is 15.7. The fraction of sp³-hybridized carbons (Fsp3) is 0.588. The summed E-state index contributed by atoms with van der Waals surface area (Å²) in [6.45, 7) is 8.83. The number of nitrogens with one attached hydrogen (secondary N) is 2. The Labute approximate surface area is 170 Å². The van der Waals surface area contributed by atoms with E-state index < -0.39 is 0 Å². The Morgan fingerprint density at radius 2 is 2.36 bits per heavy atom. The molecule has 8 heteroatoms. The molecule has 2 aromatic heterocycles. The van der Waals surface area contributed by atoms with Crippen molar-refractivity contribution in [2.45, 2.75) is 52.1 Å². The number of rotatable bonds is 5. The van der Waals surface area contributed by atoms with E-state index in [0.29, 0.717) is 5.92 Å². The highest BCUT2D eigenvalue weighted by Crippen LogP contribution is 2.23. The molecule has 0 bridgehead atoms. The van der Waals surface area contributed by atoms with Crippen molar-refractivity contribution in [1.29, 1.82) is 0 Å². The van der Waals surface area contributed by atoms with Crippen LogP contribution in [0.5, 0.6) is 0 Å². The number of hydrogen-bond acceptors (Lipinski definition) is 4. The van der Waals surface area contributed by atoms with E-state index in [0.717, 1.165) is 50.1 Å². The van der Waals surface area contributed by atoms with Crippen LogP contribution in [0.15, 0.2) is 21.8 Å². The monoisotopic (exact) mass is 474 g/mol. The van der Waals surface area contributed by atoms with Gasteiger partial charge in [-0.05, 0) is 49.1 Å². The van der Waals surface area contributed by atoms with Gasteiger partial charge in [0, 0.05) is 25.6 Å². The molecule has 2 aromatic rings. The zero-order valence-corrected chi connectivity index (χ0v) is 18.2. The molecule has 6 nitrogen and oxygen atoms in total. The molecule has 0 spiro atoms. The number of hydrogen-bond donors (Lipinski definition) is 2. The van der Waals surface area contributed by atoms with E-state index in [4.69, 9.17) is 4.99 Å². The molecule has 2 atom stereocenters. The lowest BCUT2D eigenvalue weighted by atomic mass is 10.1. The van der Waals surface area contributed by atoms with E-state index in [1.165, 1.54) is 5.56 Å². The van der Waals surface area contributed by atoms with E-state index in [9.17, 15) is 0 Å². The van der Waals surface area contributed by atoms with Crippen LogP contribution in [0.4, 0.5) is 0 Å². The SMILES string of the molecule is CCNC(=NCC(C)c1ccsc1)NC1CCCn2nc(C)nc21.I. The first-order chi connectivity index (χ1) is 11.7. The van der Waals surface area contributed by atoms with Crippen molar-refractivity contribution in [3.63, 3.8) is 0 Å². The fourth-order valence-electron chi connectivity index (χ4n) is 2.98. The van der Waals surface area contributed by atoms with E-state index >= 15 is 0 Å². The second-order valence-corrected chi connectivity index (χ2v) is 7.04. The predicted octanol–water partition coefficient (Wildman–Crippen LogP) is 3.46. The summed E-state index contributed by atoms with van der Waals surface area (Å²) in [6, 6.07) is 2.35. The zero-order chi connectivity index (χ0) is 16.9. The third-order valence-electron chi connectivity index (χ3n) is 4.27. The second kappa shape index (κ2) is 9.51. The number of aliphatic imine (C=N–C) groups is 1. The van der Waals surface area contributed by atoms with Gasteiger partial charge in [-0.2, -0.15) is 16.4 Å². The summed E-state index contributed by atoms with van der Waals surface area (Å²) < 4.78 is 2.02. The average Bonchev–Trinajstić information content (AvgIpc) is 3.21. The number of nitrogens with zero attached hydrogens (tertiary/aromatic N) is 4. The molecule has 0 aliphatic carbocycles. The molecule has 0 radical (unpaired) electrons. The molecular formula is C17H27IN6S. The molecule has 138 valence electrons.